The third-order valence-electron chi connectivity index (χ3n) is 7.04. The van der Waals surface area contributed by atoms with Crippen LogP contribution in [0.4, 0.5) is 34.1 Å². The first-order valence-corrected chi connectivity index (χ1v) is 14.2. The minimum absolute atomic E-state index is 0.741. The third-order valence-corrected chi connectivity index (χ3v) is 7.04. The van der Waals surface area contributed by atoms with E-state index < -0.39 is 0 Å². The molecule has 8 heteroatoms. The highest BCUT2D eigenvalue weighted by Gasteiger charge is 2.18. The quantitative estimate of drug-likeness (QED) is 0.103. The minimum atomic E-state index is 0.741. The molecule has 44 heavy (non-hydrogen) atoms. The summed E-state index contributed by atoms with van der Waals surface area (Å²) in [7, 11) is 0. The van der Waals surface area contributed by atoms with Crippen molar-refractivity contribution in [1.82, 2.24) is 9.97 Å². The van der Waals surface area contributed by atoms with E-state index in [1.165, 1.54) is 0 Å². The fourth-order valence-electron chi connectivity index (χ4n) is 4.97. The van der Waals surface area contributed by atoms with Gasteiger partial charge in [-0.15, -0.1) is 10.2 Å². The molecule has 5 aromatic carbocycles. The third kappa shape index (κ3) is 5.47. The molecule has 7 rings (SSSR count). The van der Waals surface area contributed by atoms with Crippen LogP contribution in [-0.2, 0) is 0 Å². The van der Waals surface area contributed by atoms with Crippen LogP contribution in [0.5, 0.6) is 0 Å². The van der Waals surface area contributed by atoms with Gasteiger partial charge in [-0.25, -0.2) is 10.0 Å². The highest BCUT2D eigenvalue weighted by atomic mass is 15.6. The van der Waals surface area contributed by atoms with E-state index in [0.717, 1.165) is 55.9 Å². The van der Waals surface area contributed by atoms with Crippen LogP contribution in [-0.4, -0.2) is 9.97 Å². The van der Waals surface area contributed by atoms with Crippen LogP contribution < -0.4 is 10.0 Å². The molecule has 0 N–H and O–H groups in total. The zero-order chi connectivity index (χ0) is 29.6. The van der Waals surface area contributed by atoms with Crippen LogP contribution in [0, 0.1) is 0 Å². The van der Waals surface area contributed by atoms with Crippen molar-refractivity contribution in [3.05, 3.63) is 158 Å². The van der Waals surface area contributed by atoms with Gasteiger partial charge in [0, 0.05) is 23.2 Å². The van der Waals surface area contributed by atoms with Crippen LogP contribution in [0.1, 0.15) is 0 Å². The monoisotopic (exact) mass is 570 g/mol. The summed E-state index contributed by atoms with van der Waals surface area (Å²) in [6, 6.07) is 47.2. The second-order valence-electron chi connectivity index (χ2n) is 9.86. The summed E-state index contributed by atoms with van der Waals surface area (Å²) in [5, 5.41) is 23.9. The van der Waals surface area contributed by atoms with Crippen LogP contribution in [0.2, 0.25) is 0 Å². The van der Waals surface area contributed by atoms with Gasteiger partial charge >= 0.3 is 0 Å². The molecular formula is C36H26N8. The van der Waals surface area contributed by atoms with Crippen LogP contribution >= 0.6 is 0 Å². The Balaban J connectivity index is 1.37. The van der Waals surface area contributed by atoms with Crippen LogP contribution in [0.25, 0.3) is 21.8 Å². The molecule has 0 saturated heterocycles. The van der Waals surface area contributed by atoms with Gasteiger partial charge in [-0.1, -0.05) is 83.2 Å². The van der Waals surface area contributed by atoms with E-state index in [0.29, 0.717) is 0 Å². The molecule has 0 saturated carbocycles. The summed E-state index contributed by atoms with van der Waals surface area (Å²) in [6.07, 6.45) is 3.56. The van der Waals surface area contributed by atoms with E-state index >= 15 is 0 Å². The molecule has 0 radical (unpaired) electrons. The maximum absolute atomic E-state index is 4.80. The SMILES string of the molecule is c1ccc(N=NN(c2ccccc2)c2ccnc3c2ccc2c(N(N=Nc4ccccc4)c4ccccc4)ccnc23)cc1. The van der Waals surface area contributed by atoms with Gasteiger partial charge in [0.2, 0.25) is 0 Å². The molecule has 0 unspecified atom stereocenters. The lowest BCUT2D eigenvalue weighted by molar-refractivity contribution is 0.976. The van der Waals surface area contributed by atoms with E-state index in [2.05, 4.69) is 32.8 Å². The maximum Gasteiger partial charge on any atom is 0.0987 e. The molecule has 0 amide bonds. The molecule has 2 heterocycles. The first kappa shape index (κ1) is 26.6. The molecule has 0 spiro atoms. The zero-order valence-corrected chi connectivity index (χ0v) is 23.6. The molecule has 0 bridgehead atoms. The number of aromatic nitrogens is 2. The van der Waals surface area contributed by atoms with E-state index in [1.54, 1.807) is 12.4 Å². The predicted molar refractivity (Wildman–Crippen MR) is 176 cm³/mol. The normalized spacial score (nSPS) is 11.5. The van der Waals surface area contributed by atoms with Crippen molar-refractivity contribution in [2.45, 2.75) is 0 Å². The predicted octanol–water partition coefficient (Wildman–Crippen LogP) is 10.5. The van der Waals surface area contributed by atoms with E-state index in [4.69, 9.17) is 9.97 Å². The molecule has 8 nitrogen and oxygen atoms in total. The van der Waals surface area contributed by atoms with Gasteiger partial charge < -0.3 is 0 Å². The van der Waals surface area contributed by atoms with Gasteiger partial charge in [-0.3, -0.25) is 9.97 Å². The van der Waals surface area contributed by atoms with Crippen molar-refractivity contribution in [3.8, 4) is 0 Å². The van der Waals surface area contributed by atoms with Crippen LogP contribution in [0.15, 0.2) is 179 Å². The number of rotatable bonds is 8. The Morgan fingerprint density at radius 3 is 1.14 bits per heavy atom. The Kier molecular flexibility index (Phi) is 7.44. The first-order valence-electron chi connectivity index (χ1n) is 14.2. The Morgan fingerprint density at radius 2 is 0.750 bits per heavy atom. The highest BCUT2D eigenvalue weighted by Crippen LogP contribution is 2.39. The number of anilines is 4. The Morgan fingerprint density at radius 1 is 0.386 bits per heavy atom. The van der Waals surface area contributed by atoms with Crippen molar-refractivity contribution >= 4 is 55.9 Å². The lowest BCUT2D eigenvalue weighted by Crippen LogP contribution is -2.10. The average molecular weight is 571 g/mol. The van der Waals surface area contributed by atoms with Gasteiger partial charge in [0.25, 0.3) is 0 Å². The van der Waals surface area contributed by atoms with Gasteiger partial charge in [0.05, 0.1) is 45.2 Å². The number of hydrogen-bond acceptors (Lipinski definition) is 6. The fourth-order valence-corrected chi connectivity index (χ4v) is 4.97. The first-order chi connectivity index (χ1) is 21.8. The number of hydrogen-bond donors (Lipinski definition) is 0. The number of benzene rings is 5. The molecule has 0 atom stereocenters. The van der Waals surface area contributed by atoms with Gasteiger partial charge in [-0.05, 0) is 72.8 Å². The van der Waals surface area contributed by atoms with Crippen molar-refractivity contribution in [1.29, 1.82) is 0 Å². The maximum atomic E-state index is 4.80. The topological polar surface area (TPSA) is 81.7 Å². The van der Waals surface area contributed by atoms with E-state index in [9.17, 15) is 0 Å². The molecule has 0 aliphatic carbocycles. The van der Waals surface area contributed by atoms with E-state index in [-0.39, 0.29) is 0 Å². The number of nitrogens with zero attached hydrogens (tertiary/aromatic N) is 8. The zero-order valence-electron chi connectivity index (χ0n) is 23.6. The largest absolute Gasteiger partial charge is 0.254 e. The van der Waals surface area contributed by atoms with E-state index in [1.807, 2.05) is 143 Å². The van der Waals surface area contributed by atoms with Crippen molar-refractivity contribution in [2.75, 3.05) is 10.0 Å². The van der Waals surface area contributed by atoms with Gasteiger partial charge in [0.1, 0.15) is 0 Å². The van der Waals surface area contributed by atoms with Crippen LogP contribution in [0.3, 0.4) is 0 Å². The molecule has 0 aliphatic rings. The number of para-hydroxylation sites is 2. The molecular weight excluding hydrogens is 544 g/mol. The Bertz CT molecular complexity index is 1920. The second-order valence-corrected chi connectivity index (χ2v) is 9.86. The second kappa shape index (κ2) is 12.3. The molecule has 210 valence electrons. The summed E-state index contributed by atoms with van der Waals surface area (Å²) in [5.74, 6) is 0. The average Bonchev–Trinajstić information content (AvgIpc) is 3.10. The summed E-state index contributed by atoms with van der Waals surface area (Å²) in [6.45, 7) is 0. The summed E-state index contributed by atoms with van der Waals surface area (Å²) < 4.78 is 0. The minimum Gasteiger partial charge on any atom is -0.254 e. The van der Waals surface area contributed by atoms with Crippen molar-refractivity contribution in [3.63, 3.8) is 0 Å². The summed E-state index contributed by atoms with van der Waals surface area (Å²) in [4.78, 5) is 9.59. The molecule has 0 aliphatic heterocycles. The van der Waals surface area contributed by atoms with Gasteiger partial charge in [0.15, 0.2) is 0 Å². The smallest absolute Gasteiger partial charge is 0.0987 e. The Labute approximate surface area is 254 Å². The van der Waals surface area contributed by atoms with Crippen molar-refractivity contribution < 1.29 is 0 Å². The fraction of sp³-hybridized carbons (Fsp3) is 0. The molecule has 7 aromatic rings. The number of fused-ring (bicyclic) bond motifs is 3. The highest BCUT2D eigenvalue weighted by molar-refractivity contribution is 6.11. The molecule has 0 fully saturated rings. The molecule has 2 aromatic heterocycles. The Hall–Kier alpha value is -6.28. The van der Waals surface area contributed by atoms with Gasteiger partial charge in [-0.2, -0.15) is 0 Å². The summed E-state index contributed by atoms with van der Waals surface area (Å²) >= 11 is 0. The standard InChI is InChI=1S/C36H26N8/c1-5-13-27(14-6-1)39-41-43(29-17-9-3-10-18-29)33-23-25-37-35-31(33)21-22-32-34(24-26-38-36(32)35)44(30-19-11-4-12-20-30)42-40-28-15-7-2-8-16-28/h1-26H. The lowest BCUT2D eigenvalue weighted by Gasteiger charge is -2.21. The lowest BCUT2D eigenvalue weighted by atomic mass is 10.1. The van der Waals surface area contributed by atoms with Crippen molar-refractivity contribution in [2.24, 2.45) is 20.7 Å². The number of pyridine rings is 2. The summed E-state index contributed by atoms with van der Waals surface area (Å²) in [5.41, 5.74) is 6.41.